The summed E-state index contributed by atoms with van der Waals surface area (Å²) in [5.41, 5.74) is 10.8. The lowest BCUT2D eigenvalue weighted by Gasteiger charge is -2.05. The fourth-order valence-corrected chi connectivity index (χ4v) is 3.98. The van der Waals surface area contributed by atoms with E-state index in [0.717, 1.165) is 33.2 Å². The van der Waals surface area contributed by atoms with Crippen LogP contribution in [0.4, 0.5) is 11.4 Å². The van der Waals surface area contributed by atoms with Crippen LogP contribution < -0.4 is 11.1 Å². The summed E-state index contributed by atoms with van der Waals surface area (Å²) in [7, 11) is 0. The molecule has 0 atom stereocenters. The van der Waals surface area contributed by atoms with E-state index in [1.807, 2.05) is 49.4 Å². The van der Waals surface area contributed by atoms with Crippen molar-refractivity contribution in [3.63, 3.8) is 0 Å². The maximum absolute atomic E-state index is 12.7. The molecule has 2 heterocycles. The van der Waals surface area contributed by atoms with Crippen molar-refractivity contribution in [3.8, 4) is 0 Å². The molecule has 4 nitrogen and oxygen atoms in total. The van der Waals surface area contributed by atoms with Crippen molar-refractivity contribution < 1.29 is 4.79 Å². The monoisotopic (exact) mass is 361 g/mol. The summed E-state index contributed by atoms with van der Waals surface area (Å²) in [6.07, 6.45) is 0.968. The van der Waals surface area contributed by atoms with Crippen LogP contribution in [0.5, 0.6) is 0 Å². The van der Waals surface area contributed by atoms with E-state index in [1.54, 1.807) is 0 Å². The number of hydrogen-bond acceptors (Lipinski definition) is 4. The number of fused-ring (bicyclic) bond motifs is 2. The highest BCUT2D eigenvalue weighted by Gasteiger charge is 2.18. The molecule has 130 valence electrons. The van der Waals surface area contributed by atoms with Crippen LogP contribution in [-0.2, 0) is 6.42 Å². The van der Waals surface area contributed by atoms with Gasteiger partial charge < -0.3 is 11.1 Å². The van der Waals surface area contributed by atoms with Gasteiger partial charge in [-0.15, -0.1) is 11.3 Å². The van der Waals surface area contributed by atoms with Crippen molar-refractivity contribution in [2.45, 2.75) is 20.3 Å². The summed E-state index contributed by atoms with van der Waals surface area (Å²) in [4.78, 5) is 18.7. The van der Waals surface area contributed by atoms with Crippen LogP contribution >= 0.6 is 11.3 Å². The second-order valence-electron chi connectivity index (χ2n) is 6.39. The van der Waals surface area contributed by atoms with Crippen LogP contribution in [-0.4, -0.2) is 10.9 Å². The van der Waals surface area contributed by atoms with Crippen molar-refractivity contribution in [3.05, 3.63) is 64.5 Å². The van der Waals surface area contributed by atoms with E-state index >= 15 is 0 Å². The largest absolute Gasteiger partial charge is 0.397 e. The van der Waals surface area contributed by atoms with E-state index < -0.39 is 0 Å². The van der Waals surface area contributed by atoms with Gasteiger partial charge in [0.2, 0.25) is 0 Å². The van der Waals surface area contributed by atoms with Gasteiger partial charge in [-0.25, -0.2) is 4.98 Å². The fourth-order valence-electron chi connectivity index (χ4n) is 3.00. The molecule has 2 aromatic carbocycles. The first-order valence-electron chi connectivity index (χ1n) is 8.55. The molecule has 0 radical (unpaired) electrons. The van der Waals surface area contributed by atoms with Gasteiger partial charge >= 0.3 is 0 Å². The van der Waals surface area contributed by atoms with Crippen molar-refractivity contribution >= 4 is 49.7 Å². The number of nitrogens with one attached hydrogen (secondary N) is 1. The number of aryl methyl sites for hydroxylation is 2. The summed E-state index contributed by atoms with van der Waals surface area (Å²) in [6.45, 7) is 4.15. The highest BCUT2D eigenvalue weighted by atomic mass is 32.1. The highest BCUT2D eigenvalue weighted by Crippen LogP contribution is 2.35. The Morgan fingerprint density at radius 1 is 1.15 bits per heavy atom. The average molecular weight is 361 g/mol. The summed E-state index contributed by atoms with van der Waals surface area (Å²) in [6, 6.07) is 16.0. The zero-order valence-electron chi connectivity index (χ0n) is 14.7. The van der Waals surface area contributed by atoms with Crippen LogP contribution in [0.2, 0.25) is 0 Å². The number of benzene rings is 2. The predicted molar refractivity (Wildman–Crippen MR) is 110 cm³/mol. The minimum Gasteiger partial charge on any atom is -0.397 e. The molecule has 1 amide bonds. The number of thiophene rings is 1. The third-order valence-electron chi connectivity index (χ3n) is 4.50. The quantitative estimate of drug-likeness (QED) is 0.530. The standard InChI is InChI=1S/C21H19N3OS/c1-3-13-5-7-15(8-6-13)23-20(25)19-18(22)16-11-14-10-12(2)4-9-17(14)24-21(16)26-19/h4-11H,3,22H2,1-2H3,(H,23,25). The molecule has 0 fully saturated rings. The molecule has 5 heteroatoms. The third kappa shape index (κ3) is 2.91. The molecule has 0 unspecified atom stereocenters. The van der Waals surface area contributed by atoms with Crippen LogP contribution in [0.15, 0.2) is 48.5 Å². The molecule has 4 aromatic rings. The Morgan fingerprint density at radius 3 is 2.65 bits per heavy atom. The van der Waals surface area contributed by atoms with Gasteiger partial charge in [0.15, 0.2) is 0 Å². The summed E-state index contributed by atoms with van der Waals surface area (Å²) >= 11 is 1.33. The average Bonchev–Trinajstić information content (AvgIpc) is 2.96. The summed E-state index contributed by atoms with van der Waals surface area (Å²) in [5.74, 6) is -0.199. The first-order chi connectivity index (χ1) is 12.5. The Labute approximate surface area is 155 Å². The van der Waals surface area contributed by atoms with Gasteiger partial charge in [-0.3, -0.25) is 4.79 Å². The van der Waals surface area contributed by atoms with E-state index in [1.165, 1.54) is 22.5 Å². The van der Waals surface area contributed by atoms with Gasteiger partial charge in [-0.2, -0.15) is 0 Å². The maximum Gasteiger partial charge on any atom is 0.267 e. The molecule has 0 saturated carbocycles. The molecular formula is C21H19N3OS. The topological polar surface area (TPSA) is 68.0 Å². The molecule has 3 N–H and O–H groups in total. The number of pyridine rings is 1. The van der Waals surface area contributed by atoms with Gasteiger partial charge in [-0.05, 0) is 49.2 Å². The number of anilines is 2. The number of carbonyl (C=O) groups excluding carboxylic acids is 1. The predicted octanol–water partition coefficient (Wildman–Crippen LogP) is 5.15. The SMILES string of the molecule is CCc1ccc(NC(=O)c2sc3nc4ccc(C)cc4cc3c2N)cc1. The summed E-state index contributed by atoms with van der Waals surface area (Å²) < 4.78 is 0. The number of rotatable bonds is 3. The zero-order chi connectivity index (χ0) is 18.3. The van der Waals surface area contributed by atoms with E-state index in [9.17, 15) is 4.79 Å². The molecule has 2 aromatic heterocycles. The van der Waals surface area contributed by atoms with Gasteiger partial charge in [0.05, 0.1) is 11.2 Å². The van der Waals surface area contributed by atoms with Crippen molar-refractivity contribution in [1.82, 2.24) is 4.98 Å². The number of amides is 1. The van der Waals surface area contributed by atoms with E-state index in [2.05, 4.69) is 23.3 Å². The highest BCUT2D eigenvalue weighted by molar-refractivity contribution is 7.21. The van der Waals surface area contributed by atoms with E-state index in [0.29, 0.717) is 10.6 Å². The normalized spacial score (nSPS) is 11.2. The van der Waals surface area contributed by atoms with Gasteiger partial charge in [0.1, 0.15) is 9.71 Å². The molecule has 0 spiro atoms. The lowest BCUT2D eigenvalue weighted by molar-refractivity contribution is 0.103. The van der Waals surface area contributed by atoms with Crippen molar-refractivity contribution in [1.29, 1.82) is 0 Å². The summed E-state index contributed by atoms with van der Waals surface area (Å²) in [5, 5.41) is 4.79. The Kier molecular flexibility index (Phi) is 4.09. The van der Waals surface area contributed by atoms with Gasteiger partial charge in [-0.1, -0.05) is 30.7 Å². The molecule has 0 bridgehead atoms. The zero-order valence-corrected chi connectivity index (χ0v) is 15.5. The van der Waals surface area contributed by atoms with Crippen LogP contribution in [0.25, 0.3) is 21.1 Å². The number of nitrogens with zero attached hydrogens (tertiary/aromatic N) is 1. The number of carbonyl (C=O) groups is 1. The molecule has 0 saturated heterocycles. The fraction of sp³-hybridized carbons (Fsp3) is 0.143. The van der Waals surface area contributed by atoms with Crippen LogP contribution in [0.3, 0.4) is 0 Å². The number of nitrogens with two attached hydrogens (primary N) is 1. The van der Waals surface area contributed by atoms with Gasteiger partial charge in [0, 0.05) is 16.5 Å². The minimum absolute atomic E-state index is 0.199. The Hall–Kier alpha value is -2.92. The molecule has 0 aliphatic carbocycles. The minimum atomic E-state index is -0.199. The lowest BCUT2D eigenvalue weighted by Crippen LogP contribution is -2.11. The lowest BCUT2D eigenvalue weighted by atomic mass is 10.1. The van der Waals surface area contributed by atoms with Crippen LogP contribution in [0, 0.1) is 6.92 Å². The molecule has 26 heavy (non-hydrogen) atoms. The maximum atomic E-state index is 12.7. The first kappa shape index (κ1) is 16.5. The molecule has 0 aliphatic rings. The first-order valence-corrected chi connectivity index (χ1v) is 9.36. The Bertz CT molecular complexity index is 1130. The second kappa shape index (κ2) is 6.42. The number of nitrogen functional groups attached to an aromatic ring is 1. The van der Waals surface area contributed by atoms with E-state index in [-0.39, 0.29) is 5.91 Å². The van der Waals surface area contributed by atoms with E-state index in [4.69, 9.17) is 5.73 Å². The van der Waals surface area contributed by atoms with Crippen molar-refractivity contribution in [2.75, 3.05) is 11.1 Å². The third-order valence-corrected chi connectivity index (χ3v) is 5.61. The number of aromatic nitrogens is 1. The molecule has 0 aliphatic heterocycles. The van der Waals surface area contributed by atoms with Crippen LogP contribution in [0.1, 0.15) is 27.7 Å². The Morgan fingerprint density at radius 2 is 1.92 bits per heavy atom. The van der Waals surface area contributed by atoms with Crippen molar-refractivity contribution in [2.24, 2.45) is 0 Å². The second-order valence-corrected chi connectivity index (χ2v) is 7.39. The number of hydrogen-bond donors (Lipinski definition) is 2. The molecule has 4 rings (SSSR count). The Balaban J connectivity index is 1.71. The smallest absolute Gasteiger partial charge is 0.267 e. The molecular weight excluding hydrogens is 342 g/mol. The van der Waals surface area contributed by atoms with Gasteiger partial charge in [0.25, 0.3) is 5.91 Å².